The molecule has 0 spiro atoms. The number of carbonyl (C=O) groups excluding carboxylic acids is 3. The van der Waals surface area contributed by atoms with Crippen molar-refractivity contribution in [3.63, 3.8) is 0 Å². The van der Waals surface area contributed by atoms with Crippen LogP contribution in [0.1, 0.15) is 24.0 Å². The van der Waals surface area contributed by atoms with Crippen LogP contribution in [0.2, 0.25) is 0 Å². The third kappa shape index (κ3) is 4.11. The molecule has 1 fully saturated rings. The number of urea groups is 1. The smallest absolute Gasteiger partial charge is 0.322 e. The third-order valence-corrected chi connectivity index (χ3v) is 4.48. The van der Waals surface area contributed by atoms with Crippen molar-refractivity contribution in [3.8, 4) is 0 Å². The average Bonchev–Trinajstić information content (AvgIpc) is 2.90. The molecule has 1 atom stereocenters. The van der Waals surface area contributed by atoms with Gasteiger partial charge in [0.05, 0.1) is 0 Å². The first-order chi connectivity index (χ1) is 11.6. The molecule has 2 aliphatic heterocycles. The molecule has 2 aliphatic rings. The zero-order chi connectivity index (χ0) is 16.9. The number of nitrogens with one attached hydrogen (secondary N) is 3. The van der Waals surface area contributed by atoms with Gasteiger partial charge in [-0.05, 0) is 24.0 Å². The van der Waals surface area contributed by atoms with E-state index in [9.17, 15) is 14.4 Å². The SMILES string of the molecule is O=C(CC[C@@H]1NC(=O)NC1=O)NCCN1CCc2ccccc2C1. The number of amides is 4. The van der Waals surface area contributed by atoms with Gasteiger partial charge in [0.25, 0.3) is 5.91 Å². The molecule has 7 nitrogen and oxygen atoms in total. The lowest BCUT2D eigenvalue weighted by Gasteiger charge is -2.28. The lowest BCUT2D eigenvalue weighted by molar-refractivity contribution is -0.122. The summed E-state index contributed by atoms with van der Waals surface area (Å²) in [7, 11) is 0. The Kier molecular flexibility index (Phi) is 5.10. The van der Waals surface area contributed by atoms with Crippen molar-refractivity contribution < 1.29 is 14.4 Å². The Morgan fingerprint density at radius 2 is 2.04 bits per heavy atom. The molecule has 1 aromatic carbocycles. The van der Waals surface area contributed by atoms with Gasteiger partial charge in [0, 0.05) is 32.6 Å². The van der Waals surface area contributed by atoms with Crippen molar-refractivity contribution >= 4 is 17.8 Å². The van der Waals surface area contributed by atoms with E-state index < -0.39 is 12.1 Å². The Labute approximate surface area is 140 Å². The fourth-order valence-corrected chi connectivity index (χ4v) is 3.12. The van der Waals surface area contributed by atoms with Crippen LogP contribution in [0.15, 0.2) is 24.3 Å². The number of carbonyl (C=O) groups is 3. The van der Waals surface area contributed by atoms with Crippen LogP contribution in [-0.4, -0.2) is 48.4 Å². The van der Waals surface area contributed by atoms with Gasteiger partial charge in [0.15, 0.2) is 0 Å². The van der Waals surface area contributed by atoms with Crippen molar-refractivity contribution in [2.75, 3.05) is 19.6 Å². The van der Waals surface area contributed by atoms with Crippen LogP contribution >= 0.6 is 0 Å². The molecule has 0 bridgehead atoms. The maximum Gasteiger partial charge on any atom is 0.322 e. The van der Waals surface area contributed by atoms with Crippen LogP contribution in [-0.2, 0) is 22.6 Å². The van der Waals surface area contributed by atoms with E-state index in [0.717, 1.165) is 26.1 Å². The lowest BCUT2D eigenvalue weighted by atomic mass is 10.00. The minimum atomic E-state index is -0.596. The monoisotopic (exact) mass is 330 g/mol. The van der Waals surface area contributed by atoms with Crippen LogP contribution in [0, 0.1) is 0 Å². The molecule has 24 heavy (non-hydrogen) atoms. The first-order valence-corrected chi connectivity index (χ1v) is 8.29. The second-order valence-corrected chi connectivity index (χ2v) is 6.20. The standard InChI is InChI=1S/C17H22N4O3/c22-15(6-5-14-16(23)20-17(24)19-14)18-8-10-21-9-7-12-3-1-2-4-13(12)11-21/h1-4,14H,5-11H2,(H,18,22)(H2,19,20,23,24)/t14-/m0/s1. The molecule has 0 unspecified atom stereocenters. The number of benzene rings is 1. The second-order valence-electron chi connectivity index (χ2n) is 6.20. The molecule has 0 aromatic heterocycles. The zero-order valence-corrected chi connectivity index (χ0v) is 13.5. The van der Waals surface area contributed by atoms with Gasteiger partial charge in [0.1, 0.15) is 6.04 Å². The quantitative estimate of drug-likeness (QED) is 0.648. The summed E-state index contributed by atoms with van der Waals surface area (Å²) in [6.45, 7) is 3.31. The molecule has 128 valence electrons. The fourth-order valence-electron chi connectivity index (χ4n) is 3.12. The van der Waals surface area contributed by atoms with E-state index in [4.69, 9.17) is 0 Å². The summed E-state index contributed by atoms with van der Waals surface area (Å²) in [5.74, 6) is -0.457. The Hall–Kier alpha value is -2.41. The minimum absolute atomic E-state index is 0.0960. The molecule has 0 saturated carbocycles. The summed E-state index contributed by atoms with van der Waals surface area (Å²) in [6.07, 6.45) is 1.59. The highest BCUT2D eigenvalue weighted by molar-refractivity contribution is 6.04. The normalized spacial score (nSPS) is 20.2. The van der Waals surface area contributed by atoms with Crippen LogP contribution in [0.5, 0.6) is 0 Å². The zero-order valence-electron chi connectivity index (χ0n) is 13.5. The lowest BCUT2D eigenvalue weighted by Crippen LogP contribution is -2.38. The van der Waals surface area contributed by atoms with Crippen molar-refractivity contribution in [2.45, 2.75) is 31.8 Å². The van der Waals surface area contributed by atoms with E-state index in [1.165, 1.54) is 11.1 Å². The van der Waals surface area contributed by atoms with Crippen molar-refractivity contribution in [1.29, 1.82) is 0 Å². The highest BCUT2D eigenvalue weighted by atomic mass is 16.2. The van der Waals surface area contributed by atoms with E-state index >= 15 is 0 Å². The van der Waals surface area contributed by atoms with Crippen LogP contribution in [0.3, 0.4) is 0 Å². The number of hydrogen-bond donors (Lipinski definition) is 3. The fraction of sp³-hybridized carbons (Fsp3) is 0.471. The van der Waals surface area contributed by atoms with Crippen molar-refractivity contribution in [1.82, 2.24) is 20.9 Å². The van der Waals surface area contributed by atoms with Gasteiger partial charge in [-0.25, -0.2) is 4.79 Å². The number of imide groups is 1. The highest BCUT2D eigenvalue weighted by Gasteiger charge is 2.29. The summed E-state index contributed by atoms with van der Waals surface area (Å²) >= 11 is 0. The van der Waals surface area contributed by atoms with E-state index in [1.807, 2.05) is 0 Å². The van der Waals surface area contributed by atoms with Gasteiger partial charge >= 0.3 is 6.03 Å². The van der Waals surface area contributed by atoms with Crippen LogP contribution in [0.4, 0.5) is 4.79 Å². The summed E-state index contributed by atoms with van der Waals surface area (Å²) in [5.41, 5.74) is 2.77. The van der Waals surface area contributed by atoms with Crippen molar-refractivity contribution in [2.24, 2.45) is 0 Å². The van der Waals surface area contributed by atoms with E-state index in [0.29, 0.717) is 13.0 Å². The summed E-state index contributed by atoms with van der Waals surface area (Å²) in [4.78, 5) is 36.6. The van der Waals surface area contributed by atoms with Gasteiger partial charge in [-0.1, -0.05) is 24.3 Å². The molecule has 2 heterocycles. The van der Waals surface area contributed by atoms with Crippen LogP contribution < -0.4 is 16.0 Å². The molecule has 7 heteroatoms. The summed E-state index contributed by atoms with van der Waals surface area (Å²) in [5, 5.41) is 7.52. The Balaban J connectivity index is 1.34. The topological polar surface area (TPSA) is 90.5 Å². The molecular formula is C17H22N4O3. The molecule has 0 radical (unpaired) electrons. The number of nitrogens with zero attached hydrogens (tertiary/aromatic N) is 1. The average molecular weight is 330 g/mol. The molecule has 3 rings (SSSR count). The molecule has 4 amide bonds. The van der Waals surface area contributed by atoms with Gasteiger partial charge in [-0.3, -0.25) is 19.8 Å². The maximum atomic E-state index is 11.9. The van der Waals surface area contributed by atoms with Gasteiger partial charge in [-0.2, -0.15) is 0 Å². The van der Waals surface area contributed by atoms with Gasteiger partial charge in [0.2, 0.25) is 5.91 Å². The Morgan fingerprint density at radius 1 is 1.25 bits per heavy atom. The van der Waals surface area contributed by atoms with E-state index in [1.54, 1.807) is 0 Å². The summed E-state index contributed by atoms with van der Waals surface area (Å²) in [6, 6.07) is 7.37. The first-order valence-electron chi connectivity index (χ1n) is 8.29. The van der Waals surface area contributed by atoms with E-state index in [2.05, 4.69) is 45.1 Å². The molecule has 1 aromatic rings. The minimum Gasteiger partial charge on any atom is -0.355 e. The molecule has 1 saturated heterocycles. The van der Waals surface area contributed by atoms with E-state index in [-0.39, 0.29) is 18.2 Å². The predicted octanol–water partition coefficient (Wildman–Crippen LogP) is 0.149. The number of rotatable bonds is 6. The maximum absolute atomic E-state index is 11.9. The number of fused-ring (bicyclic) bond motifs is 1. The first kappa shape index (κ1) is 16.4. The van der Waals surface area contributed by atoms with Crippen molar-refractivity contribution in [3.05, 3.63) is 35.4 Å². The van der Waals surface area contributed by atoms with Gasteiger partial charge < -0.3 is 10.6 Å². The van der Waals surface area contributed by atoms with Crippen LogP contribution in [0.25, 0.3) is 0 Å². The second kappa shape index (κ2) is 7.44. The molecular weight excluding hydrogens is 308 g/mol. The molecule has 3 N–H and O–H groups in total. The third-order valence-electron chi connectivity index (χ3n) is 4.48. The predicted molar refractivity (Wildman–Crippen MR) is 88.1 cm³/mol. The number of hydrogen-bond acceptors (Lipinski definition) is 4. The Morgan fingerprint density at radius 3 is 2.79 bits per heavy atom. The Bertz CT molecular complexity index is 646. The summed E-state index contributed by atoms with van der Waals surface area (Å²) < 4.78 is 0. The van der Waals surface area contributed by atoms with Gasteiger partial charge in [-0.15, -0.1) is 0 Å². The molecule has 0 aliphatic carbocycles. The highest BCUT2D eigenvalue weighted by Crippen LogP contribution is 2.17. The largest absolute Gasteiger partial charge is 0.355 e.